The van der Waals surface area contributed by atoms with Crippen LogP contribution in [0.25, 0.3) is 33.6 Å². The molecule has 1 amide bonds. The fraction of sp³-hybridized carbons (Fsp3) is 0.385. The summed E-state index contributed by atoms with van der Waals surface area (Å²) in [6.45, 7) is 9.63. The average molecular weight is 459 g/mol. The summed E-state index contributed by atoms with van der Waals surface area (Å²) in [5.74, 6) is 0.416. The van der Waals surface area contributed by atoms with Gasteiger partial charge in [-0.05, 0) is 68.5 Å². The molecule has 0 bridgehead atoms. The summed E-state index contributed by atoms with van der Waals surface area (Å²) in [5.41, 5.74) is 13.2. The topological polar surface area (TPSA) is 114 Å². The van der Waals surface area contributed by atoms with Crippen LogP contribution >= 0.6 is 0 Å². The van der Waals surface area contributed by atoms with Crippen LogP contribution in [0.5, 0.6) is 0 Å². The minimum atomic E-state index is -0.234. The van der Waals surface area contributed by atoms with E-state index >= 15 is 0 Å². The monoisotopic (exact) mass is 458 g/mol. The molecule has 3 aromatic heterocycles. The summed E-state index contributed by atoms with van der Waals surface area (Å²) in [4.78, 5) is 22.7. The van der Waals surface area contributed by atoms with Crippen LogP contribution in [0.3, 0.4) is 0 Å². The number of aromatic amines is 1. The van der Waals surface area contributed by atoms with Crippen LogP contribution in [0.4, 0.5) is 0 Å². The molecular weight excluding hydrogens is 428 g/mol. The molecule has 0 unspecified atom stereocenters. The Balaban J connectivity index is 1.51. The third-order valence-electron chi connectivity index (χ3n) is 6.47. The normalized spacial score (nSPS) is 14.9. The lowest BCUT2D eigenvalue weighted by atomic mass is 9.95. The van der Waals surface area contributed by atoms with Crippen molar-refractivity contribution in [3.63, 3.8) is 0 Å². The Kier molecular flexibility index (Phi) is 5.69. The van der Waals surface area contributed by atoms with E-state index in [0.29, 0.717) is 19.0 Å². The number of carbonyl (C=O) groups excluding carboxylic acids is 1. The number of aryl methyl sites for hydroxylation is 2. The highest BCUT2D eigenvalue weighted by Crippen LogP contribution is 2.37. The van der Waals surface area contributed by atoms with Gasteiger partial charge in [-0.15, -0.1) is 10.2 Å². The lowest BCUT2D eigenvalue weighted by Gasteiger charge is -2.28. The molecule has 0 atom stereocenters. The number of hydrogen-bond donors (Lipinski definition) is 2. The zero-order valence-corrected chi connectivity index (χ0v) is 20.1. The van der Waals surface area contributed by atoms with Gasteiger partial charge in [-0.1, -0.05) is 13.8 Å². The average Bonchev–Trinajstić information content (AvgIpc) is 3.43. The van der Waals surface area contributed by atoms with Crippen LogP contribution in [-0.2, 0) is 0 Å². The first kappa shape index (κ1) is 22.3. The second-order valence-corrected chi connectivity index (χ2v) is 9.51. The van der Waals surface area contributed by atoms with Crippen molar-refractivity contribution in [3.05, 3.63) is 53.2 Å². The van der Waals surface area contributed by atoms with Gasteiger partial charge in [0.25, 0.3) is 0 Å². The van der Waals surface area contributed by atoms with E-state index in [2.05, 4.69) is 52.2 Å². The molecular formula is C26H30N6O2. The predicted molar refractivity (Wildman–Crippen MR) is 131 cm³/mol. The van der Waals surface area contributed by atoms with E-state index in [1.807, 2.05) is 26.0 Å². The summed E-state index contributed by atoms with van der Waals surface area (Å²) >= 11 is 0. The molecule has 0 radical (unpaired) electrons. The highest BCUT2D eigenvalue weighted by Gasteiger charge is 2.26. The fourth-order valence-electron chi connectivity index (χ4n) is 4.82. The summed E-state index contributed by atoms with van der Waals surface area (Å²) < 4.78 is 5.82. The van der Waals surface area contributed by atoms with Crippen molar-refractivity contribution in [2.45, 2.75) is 52.5 Å². The third-order valence-corrected chi connectivity index (χ3v) is 6.47. The number of carbonyl (C=O) groups is 1. The van der Waals surface area contributed by atoms with Crippen molar-refractivity contribution in [2.24, 2.45) is 5.73 Å². The minimum Gasteiger partial charge on any atom is -0.412 e. The molecule has 34 heavy (non-hydrogen) atoms. The van der Waals surface area contributed by atoms with Gasteiger partial charge in [-0.2, -0.15) is 0 Å². The SMILES string of the molecule is Cc1cc(-c2[nH]c3ccc(-c4nnc(C(=O)N5CCC(N)CC5)o4)cc3c2C(C)C)cc(C)n1. The van der Waals surface area contributed by atoms with E-state index in [9.17, 15) is 4.79 Å². The molecule has 1 aliphatic rings. The number of nitrogens with zero attached hydrogens (tertiary/aromatic N) is 4. The Labute approximate surface area is 198 Å². The van der Waals surface area contributed by atoms with Crippen molar-refractivity contribution in [1.82, 2.24) is 25.1 Å². The number of benzene rings is 1. The molecule has 0 saturated carbocycles. The van der Waals surface area contributed by atoms with Gasteiger partial charge in [-0.3, -0.25) is 9.78 Å². The van der Waals surface area contributed by atoms with Crippen molar-refractivity contribution in [1.29, 1.82) is 0 Å². The number of pyridine rings is 1. The number of aromatic nitrogens is 4. The van der Waals surface area contributed by atoms with Gasteiger partial charge in [-0.25, -0.2) is 0 Å². The van der Waals surface area contributed by atoms with Crippen LogP contribution in [0.2, 0.25) is 0 Å². The summed E-state index contributed by atoms with van der Waals surface area (Å²) in [7, 11) is 0. The Hall–Kier alpha value is -3.52. The van der Waals surface area contributed by atoms with Gasteiger partial charge in [0, 0.05) is 52.5 Å². The number of likely N-dealkylation sites (tertiary alicyclic amines) is 1. The van der Waals surface area contributed by atoms with Gasteiger partial charge >= 0.3 is 11.8 Å². The molecule has 1 aromatic carbocycles. The fourth-order valence-corrected chi connectivity index (χ4v) is 4.82. The molecule has 8 heteroatoms. The maximum Gasteiger partial charge on any atom is 0.311 e. The quantitative estimate of drug-likeness (QED) is 0.463. The summed E-state index contributed by atoms with van der Waals surface area (Å²) in [5, 5.41) is 9.32. The second kappa shape index (κ2) is 8.68. The Morgan fingerprint density at radius 3 is 2.47 bits per heavy atom. The Bertz CT molecular complexity index is 1340. The molecule has 3 N–H and O–H groups in total. The minimum absolute atomic E-state index is 0.0205. The lowest BCUT2D eigenvalue weighted by Crippen LogP contribution is -2.42. The maximum atomic E-state index is 12.8. The Morgan fingerprint density at radius 2 is 1.79 bits per heavy atom. The second-order valence-electron chi connectivity index (χ2n) is 9.51. The lowest BCUT2D eigenvalue weighted by molar-refractivity contribution is 0.0675. The predicted octanol–water partition coefficient (Wildman–Crippen LogP) is 4.58. The number of nitrogens with two attached hydrogens (primary N) is 1. The van der Waals surface area contributed by atoms with Crippen LogP contribution in [0, 0.1) is 13.8 Å². The van der Waals surface area contributed by atoms with Crippen LogP contribution < -0.4 is 5.73 Å². The maximum absolute atomic E-state index is 12.8. The first-order chi connectivity index (χ1) is 16.3. The molecule has 8 nitrogen and oxygen atoms in total. The van der Waals surface area contributed by atoms with Gasteiger partial charge in [0.05, 0.1) is 5.69 Å². The number of fused-ring (bicyclic) bond motifs is 1. The van der Waals surface area contributed by atoms with Gasteiger partial charge in [0.1, 0.15) is 0 Å². The van der Waals surface area contributed by atoms with E-state index in [1.165, 1.54) is 5.56 Å². The first-order valence-corrected chi connectivity index (χ1v) is 11.8. The van der Waals surface area contributed by atoms with Crippen LogP contribution in [0.15, 0.2) is 34.7 Å². The molecule has 0 spiro atoms. The number of amides is 1. The number of H-pyrrole nitrogens is 1. The van der Waals surface area contributed by atoms with E-state index in [1.54, 1.807) is 4.90 Å². The highest BCUT2D eigenvalue weighted by atomic mass is 16.4. The zero-order valence-electron chi connectivity index (χ0n) is 20.1. The smallest absolute Gasteiger partial charge is 0.311 e. The van der Waals surface area contributed by atoms with Gasteiger partial charge in [0.15, 0.2) is 0 Å². The molecule has 176 valence electrons. The number of rotatable bonds is 4. The van der Waals surface area contributed by atoms with Crippen molar-refractivity contribution in [2.75, 3.05) is 13.1 Å². The largest absolute Gasteiger partial charge is 0.412 e. The van der Waals surface area contributed by atoms with E-state index in [0.717, 1.165) is 52.0 Å². The highest BCUT2D eigenvalue weighted by molar-refractivity contribution is 5.94. The standard InChI is InChI=1S/C26H30N6O2/c1-14(2)22-20-13-17(5-6-21(20)29-23(22)18-11-15(3)28-16(4)12-18)24-30-31-25(34-24)26(33)32-9-7-19(27)8-10-32/h5-6,11-14,19,29H,7-10,27H2,1-4H3. The summed E-state index contributed by atoms with van der Waals surface area (Å²) in [6, 6.07) is 10.4. The van der Waals surface area contributed by atoms with Crippen molar-refractivity contribution in [3.8, 4) is 22.7 Å². The molecule has 5 rings (SSSR count). The van der Waals surface area contributed by atoms with Crippen molar-refractivity contribution >= 4 is 16.8 Å². The number of nitrogens with one attached hydrogen (secondary N) is 1. The molecule has 1 aliphatic heterocycles. The van der Waals surface area contributed by atoms with E-state index in [-0.39, 0.29) is 23.8 Å². The van der Waals surface area contributed by atoms with Gasteiger partial charge < -0.3 is 20.0 Å². The molecule has 0 aliphatic carbocycles. The third kappa shape index (κ3) is 4.09. The molecule has 4 aromatic rings. The molecule has 4 heterocycles. The Morgan fingerprint density at radius 1 is 1.09 bits per heavy atom. The first-order valence-electron chi connectivity index (χ1n) is 11.8. The van der Waals surface area contributed by atoms with Crippen molar-refractivity contribution < 1.29 is 9.21 Å². The molecule has 1 fully saturated rings. The number of piperidine rings is 1. The van der Waals surface area contributed by atoms with Crippen LogP contribution in [-0.4, -0.2) is 50.1 Å². The van der Waals surface area contributed by atoms with E-state index < -0.39 is 0 Å². The van der Waals surface area contributed by atoms with Gasteiger partial charge in [0.2, 0.25) is 5.89 Å². The summed E-state index contributed by atoms with van der Waals surface area (Å²) in [6.07, 6.45) is 1.57. The molecule has 1 saturated heterocycles. The van der Waals surface area contributed by atoms with Crippen LogP contribution in [0.1, 0.15) is 60.2 Å². The number of hydrogen-bond acceptors (Lipinski definition) is 6. The van der Waals surface area contributed by atoms with E-state index in [4.69, 9.17) is 10.2 Å². The zero-order chi connectivity index (χ0) is 24.0.